The van der Waals surface area contributed by atoms with E-state index in [9.17, 15) is 27.2 Å². The van der Waals surface area contributed by atoms with E-state index in [4.69, 9.17) is 4.74 Å². The van der Waals surface area contributed by atoms with Crippen molar-refractivity contribution in [1.29, 1.82) is 0 Å². The third kappa shape index (κ3) is 5.61. The van der Waals surface area contributed by atoms with Crippen LogP contribution in [0, 0.1) is 11.7 Å². The van der Waals surface area contributed by atoms with Crippen LogP contribution in [0.25, 0.3) is 0 Å². The number of nitrogens with zero attached hydrogens (tertiary/aromatic N) is 1. The summed E-state index contributed by atoms with van der Waals surface area (Å²) in [5, 5.41) is 0. The maximum atomic E-state index is 14.2. The summed E-state index contributed by atoms with van der Waals surface area (Å²) in [7, 11) is 0. The van der Waals surface area contributed by atoms with Crippen LogP contribution < -0.4 is 0 Å². The van der Waals surface area contributed by atoms with Gasteiger partial charge in [-0.1, -0.05) is 50.2 Å². The molecule has 1 aliphatic heterocycles. The largest absolute Gasteiger partial charge is 0.462 e. The first-order valence-corrected chi connectivity index (χ1v) is 10.6. The van der Waals surface area contributed by atoms with Gasteiger partial charge in [0.1, 0.15) is 5.82 Å². The van der Waals surface area contributed by atoms with Crippen LogP contribution in [-0.2, 0) is 27.0 Å². The van der Waals surface area contributed by atoms with E-state index in [1.54, 1.807) is 6.07 Å². The summed E-state index contributed by atoms with van der Waals surface area (Å²) in [4.78, 5) is 27.3. The molecule has 0 saturated carbocycles. The Kier molecular flexibility index (Phi) is 7.25. The van der Waals surface area contributed by atoms with Gasteiger partial charge >= 0.3 is 12.1 Å². The molecular weight excluding hydrogens is 438 g/mol. The minimum absolute atomic E-state index is 0.0432. The van der Waals surface area contributed by atoms with Crippen molar-refractivity contribution in [2.24, 2.45) is 5.92 Å². The SMILES string of the molecule is CC1=C(C(=O)OCC(C)C)C(c2cccc(C(F)(F)F)c2)CC(=O)N1Cc1ccccc1F. The fraction of sp³-hybridized carbons (Fsp3) is 0.360. The topological polar surface area (TPSA) is 46.6 Å². The van der Waals surface area contributed by atoms with Gasteiger partial charge in [0.15, 0.2) is 0 Å². The molecule has 1 unspecified atom stereocenters. The Bertz CT molecular complexity index is 1080. The van der Waals surface area contributed by atoms with Crippen LogP contribution in [0.3, 0.4) is 0 Å². The third-order valence-electron chi connectivity index (χ3n) is 5.49. The number of halogens is 4. The minimum Gasteiger partial charge on any atom is -0.462 e. The lowest BCUT2D eigenvalue weighted by Gasteiger charge is -2.35. The molecular formula is C25H25F4NO3. The third-order valence-corrected chi connectivity index (χ3v) is 5.49. The predicted molar refractivity (Wildman–Crippen MR) is 114 cm³/mol. The average Bonchev–Trinajstić information content (AvgIpc) is 2.75. The fourth-order valence-electron chi connectivity index (χ4n) is 3.80. The number of carbonyl (C=O) groups excluding carboxylic acids is 2. The second kappa shape index (κ2) is 9.77. The first-order valence-electron chi connectivity index (χ1n) is 10.6. The number of benzene rings is 2. The summed E-state index contributed by atoms with van der Waals surface area (Å²) in [5.74, 6) is -2.48. The Morgan fingerprint density at radius 3 is 2.48 bits per heavy atom. The summed E-state index contributed by atoms with van der Waals surface area (Å²) >= 11 is 0. The van der Waals surface area contributed by atoms with Crippen molar-refractivity contribution in [3.05, 3.63) is 82.3 Å². The monoisotopic (exact) mass is 463 g/mol. The molecule has 3 rings (SSSR count). The Labute approximate surface area is 189 Å². The van der Waals surface area contributed by atoms with Crippen molar-refractivity contribution in [3.63, 3.8) is 0 Å². The van der Waals surface area contributed by atoms with Crippen LogP contribution in [0.4, 0.5) is 17.6 Å². The lowest BCUT2D eigenvalue weighted by Crippen LogP contribution is -2.38. The van der Waals surface area contributed by atoms with Gasteiger partial charge in [-0.2, -0.15) is 13.2 Å². The van der Waals surface area contributed by atoms with Crippen LogP contribution in [0.5, 0.6) is 0 Å². The molecule has 0 saturated heterocycles. The maximum Gasteiger partial charge on any atom is 0.416 e. The zero-order valence-electron chi connectivity index (χ0n) is 18.6. The molecule has 8 heteroatoms. The van der Waals surface area contributed by atoms with Crippen molar-refractivity contribution in [2.45, 2.75) is 45.8 Å². The Morgan fingerprint density at radius 1 is 1.15 bits per heavy atom. The van der Waals surface area contributed by atoms with Gasteiger partial charge in [0.05, 0.1) is 24.3 Å². The number of esters is 1. The molecule has 2 aromatic carbocycles. The summed E-state index contributed by atoms with van der Waals surface area (Å²) in [6.07, 6.45) is -4.80. The first kappa shape index (κ1) is 24.5. The maximum absolute atomic E-state index is 14.2. The Balaban J connectivity index is 2.06. The zero-order valence-corrected chi connectivity index (χ0v) is 18.6. The molecule has 0 N–H and O–H groups in total. The van der Waals surface area contributed by atoms with E-state index < -0.39 is 35.4 Å². The van der Waals surface area contributed by atoms with Crippen LogP contribution in [0.1, 0.15) is 49.8 Å². The highest BCUT2D eigenvalue weighted by Gasteiger charge is 2.38. The fourth-order valence-corrected chi connectivity index (χ4v) is 3.80. The van der Waals surface area contributed by atoms with E-state index in [1.807, 2.05) is 13.8 Å². The van der Waals surface area contributed by atoms with E-state index >= 15 is 0 Å². The van der Waals surface area contributed by atoms with Gasteiger partial charge in [-0.3, -0.25) is 4.79 Å². The molecule has 0 bridgehead atoms. The summed E-state index contributed by atoms with van der Waals surface area (Å²) in [6.45, 7) is 5.26. The minimum atomic E-state index is -4.57. The van der Waals surface area contributed by atoms with Crippen molar-refractivity contribution in [1.82, 2.24) is 4.90 Å². The van der Waals surface area contributed by atoms with E-state index in [0.29, 0.717) is 0 Å². The summed E-state index contributed by atoms with van der Waals surface area (Å²) in [6, 6.07) is 10.6. The molecule has 33 heavy (non-hydrogen) atoms. The van der Waals surface area contributed by atoms with Gasteiger partial charge < -0.3 is 9.64 Å². The van der Waals surface area contributed by atoms with Gasteiger partial charge in [0.2, 0.25) is 5.91 Å². The quantitative estimate of drug-likeness (QED) is 0.400. The standard InChI is InChI=1S/C25H25F4NO3/c1-15(2)14-33-24(32)23-16(3)30(13-18-7-4-5-10-21(18)26)22(31)12-20(23)17-8-6-9-19(11-17)25(27,28)29/h4-11,15,20H,12-14H2,1-3H3. The highest BCUT2D eigenvalue weighted by molar-refractivity contribution is 5.95. The number of ether oxygens (including phenoxy) is 1. The van der Waals surface area contributed by atoms with Gasteiger partial charge in [-0.25, -0.2) is 9.18 Å². The van der Waals surface area contributed by atoms with Gasteiger partial charge in [-0.15, -0.1) is 0 Å². The second-order valence-electron chi connectivity index (χ2n) is 8.44. The molecule has 176 valence electrons. The molecule has 1 aliphatic rings. The molecule has 0 aromatic heterocycles. The molecule has 4 nitrogen and oxygen atoms in total. The molecule has 0 radical (unpaired) electrons. The number of hydrogen-bond acceptors (Lipinski definition) is 3. The molecule has 2 aromatic rings. The summed E-state index contributed by atoms with van der Waals surface area (Å²) < 4.78 is 59.4. The zero-order chi connectivity index (χ0) is 24.3. The van der Waals surface area contributed by atoms with Crippen LogP contribution >= 0.6 is 0 Å². The molecule has 1 atom stereocenters. The average molecular weight is 463 g/mol. The summed E-state index contributed by atoms with van der Waals surface area (Å²) in [5.41, 5.74) is -0.0671. The number of hydrogen-bond donors (Lipinski definition) is 0. The highest BCUT2D eigenvalue weighted by atomic mass is 19.4. The number of rotatable bonds is 6. The van der Waals surface area contributed by atoms with E-state index in [1.165, 1.54) is 42.2 Å². The molecule has 1 heterocycles. The Morgan fingerprint density at radius 2 is 1.85 bits per heavy atom. The van der Waals surface area contributed by atoms with Crippen LogP contribution in [0.2, 0.25) is 0 Å². The molecule has 0 aliphatic carbocycles. The van der Waals surface area contributed by atoms with Crippen LogP contribution in [-0.4, -0.2) is 23.4 Å². The van der Waals surface area contributed by atoms with Gasteiger partial charge in [0.25, 0.3) is 0 Å². The lowest BCUT2D eigenvalue weighted by molar-refractivity contribution is -0.141. The second-order valence-corrected chi connectivity index (χ2v) is 8.44. The van der Waals surface area contributed by atoms with E-state index in [2.05, 4.69) is 0 Å². The van der Waals surface area contributed by atoms with Crippen molar-refractivity contribution in [3.8, 4) is 0 Å². The Hall–Kier alpha value is -3.16. The van der Waals surface area contributed by atoms with Gasteiger partial charge in [-0.05, 0) is 30.5 Å². The first-order chi connectivity index (χ1) is 15.5. The predicted octanol–water partition coefficient (Wildman–Crippen LogP) is 5.83. The number of allylic oxidation sites excluding steroid dienone is 1. The molecule has 1 amide bonds. The molecule has 0 fully saturated rings. The van der Waals surface area contributed by atoms with Gasteiger partial charge in [0, 0.05) is 23.6 Å². The smallest absolute Gasteiger partial charge is 0.416 e. The van der Waals surface area contributed by atoms with E-state index in [-0.39, 0.29) is 47.9 Å². The van der Waals surface area contributed by atoms with Crippen LogP contribution in [0.15, 0.2) is 59.8 Å². The highest BCUT2D eigenvalue weighted by Crippen LogP contribution is 2.40. The normalized spacial score (nSPS) is 17.0. The lowest BCUT2D eigenvalue weighted by atomic mass is 9.83. The van der Waals surface area contributed by atoms with Crippen molar-refractivity contribution in [2.75, 3.05) is 6.61 Å². The molecule has 0 spiro atoms. The van der Waals surface area contributed by atoms with E-state index in [0.717, 1.165) is 12.1 Å². The number of alkyl halides is 3. The number of amides is 1. The van der Waals surface area contributed by atoms with Crippen molar-refractivity contribution < 1.29 is 31.9 Å². The van der Waals surface area contributed by atoms with Crippen molar-refractivity contribution >= 4 is 11.9 Å². The number of carbonyl (C=O) groups is 2.